The number of carbonyl (C=O) groups excluding carboxylic acids is 1. The van der Waals surface area contributed by atoms with Crippen LogP contribution in [-0.4, -0.2) is 60.4 Å². The fourth-order valence-electron chi connectivity index (χ4n) is 2.28. The molecule has 2 rings (SSSR count). The number of esters is 1. The third-order valence-electron chi connectivity index (χ3n) is 3.75. The van der Waals surface area contributed by atoms with Crippen LogP contribution in [0, 0.1) is 0 Å². The van der Waals surface area contributed by atoms with Crippen LogP contribution in [0.15, 0.2) is 33.5 Å². The van der Waals surface area contributed by atoms with Crippen molar-refractivity contribution in [3.63, 3.8) is 0 Å². The van der Waals surface area contributed by atoms with E-state index in [2.05, 4.69) is 51.9 Å². The molecule has 0 aliphatic rings. The van der Waals surface area contributed by atoms with Gasteiger partial charge in [-0.1, -0.05) is 0 Å². The van der Waals surface area contributed by atoms with E-state index in [4.69, 9.17) is 14.6 Å². The maximum atomic E-state index is 11.4. The normalized spacial score (nSPS) is 10.5. The molecule has 0 bridgehead atoms. The monoisotopic (exact) mass is 545 g/mol. The largest absolute Gasteiger partial charge is 0.491 e. The number of nitrogens with one attached hydrogen (secondary N) is 1. The SMILES string of the molecule is COC(=O)c1ccc(OCCCNCCCOc2ccc(C(=O)O)nc2Br)c(Br)n1. The third-order valence-corrected chi connectivity index (χ3v) is 4.89. The Hall–Kier alpha value is -2.24. The number of pyridine rings is 2. The Morgan fingerprint density at radius 1 is 0.933 bits per heavy atom. The van der Waals surface area contributed by atoms with Gasteiger partial charge in [-0.3, -0.25) is 0 Å². The zero-order valence-electron chi connectivity index (χ0n) is 16.2. The van der Waals surface area contributed by atoms with Crippen LogP contribution in [0.25, 0.3) is 0 Å². The van der Waals surface area contributed by atoms with Crippen molar-refractivity contribution in [2.45, 2.75) is 12.8 Å². The Labute approximate surface area is 190 Å². The van der Waals surface area contributed by atoms with E-state index >= 15 is 0 Å². The van der Waals surface area contributed by atoms with Gasteiger partial charge in [0.25, 0.3) is 0 Å². The molecule has 2 heterocycles. The number of methoxy groups -OCH3 is 1. The number of aromatic carboxylic acids is 1. The molecule has 0 aromatic carbocycles. The highest BCUT2D eigenvalue weighted by molar-refractivity contribution is 9.10. The van der Waals surface area contributed by atoms with Gasteiger partial charge in [0.1, 0.15) is 20.6 Å². The van der Waals surface area contributed by atoms with Gasteiger partial charge in [0.2, 0.25) is 0 Å². The van der Waals surface area contributed by atoms with Gasteiger partial charge in [-0.2, -0.15) is 0 Å². The lowest BCUT2D eigenvalue weighted by Crippen LogP contribution is -2.20. The number of hydrogen-bond acceptors (Lipinski definition) is 8. The van der Waals surface area contributed by atoms with Crippen molar-refractivity contribution >= 4 is 43.8 Å². The minimum Gasteiger partial charge on any atom is -0.491 e. The maximum Gasteiger partial charge on any atom is 0.356 e. The van der Waals surface area contributed by atoms with Crippen LogP contribution in [0.5, 0.6) is 11.5 Å². The predicted octanol–water partition coefficient (Wildman–Crippen LogP) is 3.31. The molecule has 0 radical (unpaired) electrons. The summed E-state index contributed by atoms with van der Waals surface area (Å²) in [6.45, 7) is 2.50. The lowest BCUT2D eigenvalue weighted by molar-refractivity contribution is 0.0592. The number of rotatable bonds is 12. The molecule has 0 atom stereocenters. The second-order valence-corrected chi connectivity index (χ2v) is 7.42. The summed E-state index contributed by atoms with van der Waals surface area (Å²) in [5, 5.41) is 12.2. The zero-order chi connectivity index (χ0) is 21.9. The molecule has 2 N–H and O–H groups in total. The van der Waals surface area contributed by atoms with Crippen molar-refractivity contribution in [2.75, 3.05) is 33.4 Å². The first-order valence-corrected chi connectivity index (χ1v) is 10.6. The van der Waals surface area contributed by atoms with E-state index in [9.17, 15) is 9.59 Å². The molecule has 0 unspecified atom stereocenters. The van der Waals surface area contributed by atoms with Gasteiger partial charge in [-0.05, 0) is 82.1 Å². The highest BCUT2D eigenvalue weighted by Gasteiger charge is 2.11. The number of carboxylic acids is 1. The van der Waals surface area contributed by atoms with Crippen LogP contribution >= 0.6 is 31.9 Å². The lowest BCUT2D eigenvalue weighted by atomic mass is 10.3. The third kappa shape index (κ3) is 7.54. The van der Waals surface area contributed by atoms with E-state index in [1.165, 1.54) is 13.2 Å². The first-order valence-electron chi connectivity index (χ1n) is 9.03. The van der Waals surface area contributed by atoms with Crippen molar-refractivity contribution in [3.8, 4) is 11.5 Å². The van der Waals surface area contributed by atoms with Crippen LogP contribution in [-0.2, 0) is 4.74 Å². The van der Waals surface area contributed by atoms with Crippen LogP contribution in [0.4, 0.5) is 0 Å². The van der Waals surface area contributed by atoms with Crippen molar-refractivity contribution < 1.29 is 28.9 Å². The van der Waals surface area contributed by atoms with Gasteiger partial charge in [-0.15, -0.1) is 0 Å². The fraction of sp³-hybridized carbons (Fsp3) is 0.368. The van der Waals surface area contributed by atoms with E-state index in [0.29, 0.717) is 33.9 Å². The summed E-state index contributed by atoms with van der Waals surface area (Å²) in [4.78, 5) is 30.3. The molecule has 0 amide bonds. The van der Waals surface area contributed by atoms with E-state index in [1.807, 2.05) is 0 Å². The van der Waals surface area contributed by atoms with Crippen molar-refractivity contribution in [1.82, 2.24) is 15.3 Å². The Bertz CT molecular complexity index is 881. The number of hydrogen-bond donors (Lipinski definition) is 2. The van der Waals surface area contributed by atoms with E-state index in [1.54, 1.807) is 18.2 Å². The average Bonchev–Trinajstić information content (AvgIpc) is 2.73. The number of aromatic nitrogens is 2. The smallest absolute Gasteiger partial charge is 0.356 e. The summed E-state index contributed by atoms with van der Waals surface area (Å²) < 4.78 is 16.7. The van der Waals surface area contributed by atoms with Gasteiger partial charge in [-0.25, -0.2) is 19.6 Å². The molecule has 162 valence electrons. The summed E-state index contributed by atoms with van der Waals surface area (Å²) >= 11 is 6.49. The second-order valence-electron chi connectivity index (χ2n) is 5.92. The fourth-order valence-corrected chi connectivity index (χ4v) is 3.15. The van der Waals surface area contributed by atoms with Crippen LogP contribution in [0.2, 0.25) is 0 Å². The molecular weight excluding hydrogens is 526 g/mol. The molecule has 30 heavy (non-hydrogen) atoms. The van der Waals surface area contributed by atoms with E-state index < -0.39 is 11.9 Å². The van der Waals surface area contributed by atoms with Gasteiger partial charge in [0.15, 0.2) is 11.5 Å². The maximum absolute atomic E-state index is 11.4. The highest BCUT2D eigenvalue weighted by atomic mass is 79.9. The van der Waals surface area contributed by atoms with Crippen LogP contribution in [0.1, 0.15) is 33.8 Å². The van der Waals surface area contributed by atoms with Crippen molar-refractivity contribution in [3.05, 3.63) is 44.9 Å². The number of nitrogens with zero attached hydrogens (tertiary/aromatic N) is 2. The highest BCUT2D eigenvalue weighted by Crippen LogP contribution is 2.24. The molecule has 0 fully saturated rings. The van der Waals surface area contributed by atoms with Gasteiger partial charge in [0, 0.05) is 0 Å². The van der Waals surface area contributed by atoms with Crippen LogP contribution in [0.3, 0.4) is 0 Å². The molecule has 2 aromatic rings. The molecule has 0 saturated carbocycles. The number of halogens is 2. The summed E-state index contributed by atoms with van der Waals surface area (Å²) in [5.41, 5.74) is 0.168. The van der Waals surface area contributed by atoms with Gasteiger partial charge >= 0.3 is 11.9 Å². The average molecular weight is 547 g/mol. The quantitative estimate of drug-likeness (QED) is 0.234. The van der Waals surface area contributed by atoms with Crippen molar-refractivity contribution in [2.24, 2.45) is 0 Å². The Kier molecular flexibility index (Phi) is 9.98. The van der Waals surface area contributed by atoms with Gasteiger partial charge < -0.3 is 24.6 Å². The first-order chi connectivity index (χ1) is 14.4. The van der Waals surface area contributed by atoms with E-state index in [-0.39, 0.29) is 11.4 Å². The summed E-state index contributed by atoms with van der Waals surface area (Å²) in [7, 11) is 1.30. The standard InChI is InChI=1S/C19H21Br2N3O6/c1-28-19(27)13-5-7-15(17(21)24-13)30-11-3-9-22-8-2-10-29-14-6-4-12(18(25)26)23-16(14)20/h4-7,22H,2-3,8-11H2,1H3,(H,25,26). The second kappa shape index (κ2) is 12.5. The minimum absolute atomic E-state index is 0.0414. The lowest BCUT2D eigenvalue weighted by Gasteiger charge is -2.10. The summed E-state index contributed by atoms with van der Waals surface area (Å²) in [6, 6.07) is 6.20. The Morgan fingerprint density at radius 2 is 1.43 bits per heavy atom. The molecule has 0 spiro atoms. The Morgan fingerprint density at radius 3 is 1.90 bits per heavy atom. The van der Waals surface area contributed by atoms with Crippen molar-refractivity contribution in [1.29, 1.82) is 0 Å². The zero-order valence-corrected chi connectivity index (χ0v) is 19.4. The molecule has 9 nitrogen and oxygen atoms in total. The predicted molar refractivity (Wildman–Crippen MR) is 115 cm³/mol. The number of carboxylic acid groups (broad SMARTS) is 1. The Balaban J connectivity index is 1.57. The first kappa shape index (κ1) is 24.0. The molecule has 0 aliphatic carbocycles. The molecule has 11 heteroatoms. The molecular formula is C19H21Br2N3O6. The minimum atomic E-state index is -1.09. The summed E-state index contributed by atoms with van der Waals surface area (Å²) in [6.07, 6.45) is 1.57. The molecule has 0 saturated heterocycles. The topological polar surface area (TPSA) is 120 Å². The summed E-state index contributed by atoms with van der Waals surface area (Å²) in [5.74, 6) is -0.524. The molecule has 0 aliphatic heterocycles. The number of carbonyl (C=O) groups is 2. The number of ether oxygens (including phenoxy) is 3. The van der Waals surface area contributed by atoms with E-state index in [0.717, 1.165) is 25.9 Å². The van der Waals surface area contributed by atoms with Crippen LogP contribution < -0.4 is 14.8 Å². The van der Waals surface area contributed by atoms with Gasteiger partial charge in [0.05, 0.1) is 20.3 Å². The molecule has 2 aromatic heterocycles.